The number of fused-ring (bicyclic) bond motifs is 1. The van der Waals surface area contributed by atoms with Crippen LogP contribution in [0, 0.1) is 0 Å². The molecule has 4 aromatic carbocycles. The third kappa shape index (κ3) is 7.66. The average molecular weight is 660 g/mol. The van der Waals surface area contributed by atoms with Crippen molar-refractivity contribution in [2.75, 3.05) is 24.7 Å². The van der Waals surface area contributed by atoms with Crippen LogP contribution >= 0.6 is 12.4 Å². The van der Waals surface area contributed by atoms with Gasteiger partial charge in [0.15, 0.2) is 19.7 Å². The zero-order valence-electron chi connectivity index (χ0n) is 24.8. The number of benzene rings is 4. The Morgan fingerprint density at radius 3 is 2.09 bits per heavy atom. The molecule has 2 N–H and O–H groups in total. The van der Waals surface area contributed by atoms with Gasteiger partial charge < -0.3 is 19.9 Å². The minimum atomic E-state index is -3.72. The Labute approximate surface area is 265 Å². The number of hydrogen-bond donors (Lipinski definition) is 2. The summed E-state index contributed by atoms with van der Waals surface area (Å²) in [6.07, 6.45) is 4.57. The Morgan fingerprint density at radius 2 is 1.48 bits per heavy atom. The number of nitrogens with one attached hydrogen (secondary N) is 1. The molecule has 0 aliphatic carbocycles. The minimum absolute atomic E-state index is 0. The van der Waals surface area contributed by atoms with Crippen LogP contribution in [0.25, 0.3) is 21.9 Å². The van der Waals surface area contributed by atoms with Crippen molar-refractivity contribution in [2.45, 2.75) is 55.4 Å². The summed E-state index contributed by atoms with van der Waals surface area (Å²) in [5.41, 5.74) is 0.905. The topological polar surface area (TPSA) is 119 Å². The zero-order chi connectivity index (χ0) is 30.6. The number of rotatable bonds is 11. The molecule has 1 saturated heterocycles. The Morgan fingerprint density at radius 1 is 0.818 bits per heavy atom. The van der Waals surface area contributed by atoms with E-state index in [2.05, 4.69) is 5.32 Å². The lowest BCUT2D eigenvalue weighted by molar-refractivity contribution is 0.268. The van der Waals surface area contributed by atoms with Gasteiger partial charge in [-0.05, 0) is 103 Å². The minimum Gasteiger partial charge on any atom is -0.508 e. The van der Waals surface area contributed by atoms with Crippen LogP contribution in [0.2, 0.25) is 0 Å². The number of piperidine rings is 1. The number of phenolic OH excluding ortho intramolecular Hbond substituents is 1. The van der Waals surface area contributed by atoms with Gasteiger partial charge in [0.05, 0.1) is 27.9 Å². The first-order valence-corrected chi connectivity index (χ1v) is 17.9. The van der Waals surface area contributed by atoms with E-state index >= 15 is 0 Å². The van der Waals surface area contributed by atoms with Crippen LogP contribution < -0.4 is 14.8 Å². The number of halogens is 1. The molecule has 11 heteroatoms. The van der Waals surface area contributed by atoms with Crippen molar-refractivity contribution in [3.8, 4) is 34.1 Å². The van der Waals surface area contributed by atoms with Crippen LogP contribution in [0.1, 0.15) is 39.5 Å². The smallest absolute Gasteiger partial charge is 0.178 e. The second kappa shape index (κ2) is 14.2. The number of sulfone groups is 2. The normalized spacial score (nSPS) is 15.5. The van der Waals surface area contributed by atoms with Crippen molar-refractivity contribution in [2.24, 2.45) is 0 Å². The molecule has 1 unspecified atom stereocenters. The zero-order valence-corrected chi connectivity index (χ0v) is 27.2. The lowest BCUT2D eigenvalue weighted by Crippen LogP contribution is -2.35. The van der Waals surface area contributed by atoms with Crippen molar-refractivity contribution >= 4 is 42.9 Å². The van der Waals surface area contributed by atoms with Crippen LogP contribution in [0.5, 0.6) is 23.0 Å². The summed E-state index contributed by atoms with van der Waals surface area (Å²) in [6, 6.07) is 20.3. The molecule has 1 heterocycles. The molecule has 236 valence electrons. The van der Waals surface area contributed by atoms with Crippen molar-refractivity contribution in [1.29, 1.82) is 0 Å². The number of phenols is 1. The second-order valence-corrected chi connectivity index (χ2v) is 15.3. The molecule has 0 saturated carbocycles. The average Bonchev–Trinajstić information content (AvgIpc) is 3.02. The Kier molecular flexibility index (Phi) is 10.8. The highest BCUT2D eigenvalue weighted by Crippen LogP contribution is 2.42. The quantitative estimate of drug-likeness (QED) is 0.178. The third-order valence-electron chi connectivity index (χ3n) is 7.81. The molecule has 0 amide bonds. The number of hydrogen-bond acceptors (Lipinski definition) is 8. The van der Waals surface area contributed by atoms with Gasteiger partial charge in [-0.25, -0.2) is 16.8 Å². The van der Waals surface area contributed by atoms with Crippen molar-refractivity contribution in [3.05, 3.63) is 72.8 Å². The van der Waals surface area contributed by atoms with E-state index in [9.17, 15) is 21.9 Å². The first-order valence-electron chi connectivity index (χ1n) is 14.6. The molecule has 1 aliphatic rings. The Balaban J connectivity index is 0.00000442. The predicted molar refractivity (Wildman–Crippen MR) is 176 cm³/mol. The molecular formula is C33H38ClNO7S2. The van der Waals surface area contributed by atoms with Crippen LogP contribution in [0.15, 0.2) is 82.6 Å². The summed E-state index contributed by atoms with van der Waals surface area (Å²) in [7, 11) is -7.43. The van der Waals surface area contributed by atoms with E-state index in [0.717, 1.165) is 18.7 Å². The van der Waals surface area contributed by atoms with Gasteiger partial charge >= 0.3 is 0 Å². The SMILES string of the molecule is CCS(=O)(=O)c1cc(-c2ccc3cc(O)ccc3c2Oc2ccc(OCCC3CCCCN3)cc2)cc(S(=O)(=O)CC)c1.Cl. The van der Waals surface area contributed by atoms with E-state index in [4.69, 9.17) is 9.47 Å². The molecule has 0 aromatic heterocycles. The predicted octanol–water partition coefficient (Wildman–Crippen LogP) is 6.92. The van der Waals surface area contributed by atoms with Crippen molar-refractivity contribution in [1.82, 2.24) is 5.32 Å². The lowest BCUT2D eigenvalue weighted by atomic mass is 9.99. The maximum atomic E-state index is 12.9. The van der Waals surface area contributed by atoms with Gasteiger partial charge in [-0.15, -0.1) is 12.4 Å². The summed E-state index contributed by atoms with van der Waals surface area (Å²) in [5.74, 6) is 1.38. The molecule has 8 nitrogen and oxygen atoms in total. The maximum Gasteiger partial charge on any atom is 0.178 e. The monoisotopic (exact) mass is 659 g/mol. The fourth-order valence-electron chi connectivity index (χ4n) is 5.26. The fourth-order valence-corrected chi connectivity index (χ4v) is 7.22. The highest BCUT2D eigenvalue weighted by atomic mass is 35.5. The number of ether oxygens (including phenoxy) is 2. The van der Waals surface area contributed by atoms with Gasteiger partial charge in [0.2, 0.25) is 0 Å². The second-order valence-electron chi connectivity index (χ2n) is 10.7. The van der Waals surface area contributed by atoms with Crippen LogP contribution in [-0.4, -0.2) is 52.6 Å². The van der Waals surface area contributed by atoms with E-state index in [1.54, 1.807) is 42.5 Å². The lowest BCUT2D eigenvalue weighted by Gasteiger charge is -2.23. The molecule has 1 atom stereocenters. The van der Waals surface area contributed by atoms with E-state index < -0.39 is 19.7 Å². The van der Waals surface area contributed by atoms with Crippen molar-refractivity contribution < 1.29 is 31.4 Å². The maximum absolute atomic E-state index is 12.9. The fraction of sp³-hybridized carbons (Fsp3) is 0.333. The molecule has 1 fully saturated rings. The van der Waals surface area contributed by atoms with E-state index in [1.165, 1.54) is 51.3 Å². The van der Waals surface area contributed by atoms with Crippen LogP contribution in [0.4, 0.5) is 0 Å². The highest BCUT2D eigenvalue weighted by molar-refractivity contribution is 7.92. The largest absolute Gasteiger partial charge is 0.508 e. The first kappa shape index (κ1) is 33.6. The van der Waals surface area contributed by atoms with Crippen LogP contribution in [0.3, 0.4) is 0 Å². The van der Waals surface area contributed by atoms with Gasteiger partial charge in [-0.3, -0.25) is 0 Å². The number of aromatic hydroxyl groups is 1. The van der Waals surface area contributed by atoms with Crippen molar-refractivity contribution in [3.63, 3.8) is 0 Å². The molecular weight excluding hydrogens is 622 g/mol. The summed E-state index contributed by atoms with van der Waals surface area (Å²) in [4.78, 5) is -0.137. The highest BCUT2D eigenvalue weighted by Gasteiger charge is 2.22. The molecule has 0 spiro atoms. The molecule has 5 rings (SSSR count). The van der Waals surface area contributed by atoms with Gasteiger partial charge in [-0.1, -0.05) is 26.3 Å². The molecule has 1 aliphatic heterocycles. The Hall–Kier alpha value is -3.31. The summed E-state index contributed by atoms with van der Waals surface area (Å²) in [5, 5.41) is 15.0. The summed E-state index contributed by atoms with van der Waals surface area (Å²) in [6.45, 7) is 4.70. The van der Waals surface area contributed by atoms with E-state index in [1.807, 2.05) is 12.1 Å². The third-order valence-corrected chi connectivity index (χ3v) is 11.2. The molecule has 4 aromatic rings. The molecule has 44 heavy (non-hydrogen) atoms. The van der Waals surface area contributed by atoms with Gasteiger partial charge in [0, 0.05) is 17.0 Å². The first-order chi connectivity index (χ1) is 20.6. The Bertz CT molecular complexity index is 1770. The summed E-state index contributed by atoms with van der Waals surface area (Å²) < 4.78 is 64.0. The van der Waals surface area contributed by atoms with Crippen LogP contribution in [-0.2, 0) is 19.7 Å². The molecule has 0 bridgehead atoms. The van der Waals surface area contributed by atoms with E-state index in [0.29, 0.717) is 46.0 Å². The van der Waals surface area contributed by atoms with Gasteiger partial charge in [0.1, 0.15) is 23.0 Å². The standard InChI is InChI=1S/C33H37NO7S2.ClH/c1-3-42(36,37)29-20-24(21-30(22-29)43(38,39)4-2)32-14-8-23-19-26(35)9-15-31(23)33(32)41-28-12-10-27(11-13-28)40-18-16-25-7-5-6-17-34-25;/h8-15,19-22,25,34-35H,3-7,16-18H2,1-2H3;1H. The van der Waals surface area contributed by atoms with Gasteiger partial charge in [0.25, 0.3) is 0 Å². The summed E-state index contributed by atoms with van der Waals surface area (Å²) >= 11 is 0. The van der Waals surface area contributed by atoms with Gasteiger partial charge in [-0.2, -0.15) is 0 Å². The molecule has 0 radical (unpaired) electrons. The van der Waals surface area contributed by atoms with E-state index in [-0.39, 0.29) is 39.5 Å².